The molecule has 9 heavy (non-hydrogen) atoms. The van der Waals surface area contributed by atoms with Gasteiger partial charge in [0.15, 0.2) is 0 Å². The molecule has 0 fully saturated rings. The Bertz CT molecular complexity index is 66.3. The van der Waals surface area contributed by atoms with E-state index in [-0.39, 0.29) is 6.10 Å². The number of rotatable bonds is 6. The smallest absolute Gasteiger partial charge is 0.210 e. The largest absolute Gasteiger partial charge is 0.393 e. The van der Waals surface area contributed by atoms with Crippen molar-refractivity contribution in [1.82, 2.24) is 0 Å². The summed E-state index contributed by atoms with van der Waals surface area (Å²) in [6.07, 6.45) is 5.77. The van der Waals surface area contributed by atoms with Crippen LogP contribution in [0.4, 0.5) is 0 Å². The van der Waals surface area contributed by atoms with Gasteiger partial charge in [-0.2, -0.15) is 0 Å². The average molecular weight is 131 g/mol. The SMILES string of the molecule is [2H]OC(CCC)CCCC. The Labute approximate surface area is 59.6 Å². The molecule has 0 aliphatic rings. The molecule has 0 saturated carbocycles. The number of unbranched alkanes of at least 4 members (excludes halogenated alkanes) is 1. The van der Waals surface area contributed by atoms with Gasteiger partial charge < -0.3 is 5.11 Å². The summed E-state index contributed by atoms with van der Waals surface area (Å²) in [5.41, 5.74) is 0. The highest BCUT2D eigenvalue weighted by Gasteiger charge is 1.99. The van der Waals surface area contributed by atoms with Crippen molar-refractivity contribution in [3.05, 3.63) is 0 Å². The van der Waals surface area contributed by atoms with Crippen molar-refractivity contribution in [1.29, 1.82) is 1.43 Å². The van der Waals surface area contributed by atoms with Gasteiger partial charge in [0.25, 0.3) is 0 Å². The van der Waals surface area contributed by atoms with E-state index in [0.29, 0.717) is 0 Å². The van der Waals surface area contributed by atoms with E-state index < -0.39 is 0 Å². The molecule has 0 aromatic rings. The summed E-state index contributed by atoms with van der Waals surface area (Å²) in [6, 6.07) is 0. The molecule has 0 aromatic heterocycles. The van der Waals surface area contributed by atoms with E-state index in [2.05, 4.69) is 19.0 Å². The Balaban J connectivity index is 3.21. The van der Waals surface area contributed by atoms with Crippen LogP contribution < -0.4 is 0 Å². The maximum Gasteiger partial charge on any atom is 0.210 e. The van der Waals surface area contributed by atoms with Gasteiger partial charge >= 0.3 is 0 Å². The maximum atomic E-state index is 6.74. The topological polar surface area (TPSA) is 20.2 Å². The van der Waals surface area contributed by atoms with Crippen LogP contribution in [0.25, 0.3) is 0 Å². The van der Waals surface area contributed by atoms with Crippen LogP contribution in [0.5, 0.6) is 0 Å². The van der Waals surface area contributed by atoms with Crippen LogP contribution >= 0.6 is 0 Å². The Kier molecular flexibility index (Phi) is 4.78. The van der Waals surface area contributed by atoms with Crippen LogP contribution in [0.15, 0.2) is 0 Å². The van der Waals surface area contributed by atoms with E-state index in [1.807, 2.05) is 0 Å². The van der Waals surface area contributed by atoms with Crippen LogP contribution in [0.2, 0.25) is 0 Å². The Morgan fingerprint density at radius 1 is 1.33 bits per heavy atom. The van der Waals surface area contributed by atoms with Crippen molar-refractivity contribution in [2.24, 2.45) is 0 Å². The Hall–Kier alpha value is -0.0400. The van der Waals surface area contributed by atoms with Crippen LogP contribution in [-0.2, 0) is 0 Å². The third-order valence-electron chi connectivity index (χ3n) is 1.49. The fourth-order valence-corrected chi connectivity index (χ4v) is 0.898. The Morgan fingerprint density at radius 3 is 2.56 bits per heavy atom. The van der Waals surface area contributed by atoms with E-state index in [9.17, 15) is 0 Å². The molecule has 1 atom stereocenters. The van der Waals surface area contributed by atoms with Gasteiger partial charge in [-0.1, -0.05) is 33.1 Å². The lowest BCUT2D eigenvalue weighted by atomic mass is 10.1. The molecule has 0 saturated heterocycles. The lowest BCUT2D eigenvalue weighted by molar-refractivity contribution is 0.150. The summed E-state index contributed by atoms with van der Waals surface area (Å²) < 4.78 is 6.74. The first-order valence-corrected chi connectivity index (χ1v) is 3.97. The first-order valence-electron chi connectivity index (χ1n) is 4.37. The molecule has 0 heterocycles. The summed E-state index contributed by atoms with van der Waals surface area (Å²) in [5.74, 6) is 0. The molecular weight excluding hydrogens is 112 g/mol. The number of aliphatic hydroxyl groups is 1. The summed E-state index contributed by atoms with van der Waals surface area (Å²) in [7, 11) is 0. The van der Waals surface area contributed by atoms with Gasteiger partial charge in [0.2, 0.25) is 1.43 Å². The van der Waals surface area contributed by atoms with Crippen molar-refractivity contribution >= 4 is 0 Å². The molecule has 0 rings (SSSR count). The van der Waals surface area contributed by atoms with Crippen molar-refractivity contribution in [2.45, 2.75) is 52.1 Å². The van der Waals surface area contributed by atoms with Gasteiger partial charge in [0, 0.05) is 0 Å². The second kappa shape index (κ2) is 6.09. The third-order valence-corrected chi connectivity index (χ3v) is 1.49. The van der Waals surface area contributed by atoms with Crippen molar-refractivity contribution in [3.63, 3.8) is 0 Å². The van der Waals surface area contributed by atoms with E-state index in [4.69, 9.17) is 1.43 Å². The highest BCUT2D eigenvalue weighted by molar-refractivity contribution is 4.52. The van der Waals surface area contributed by atoms with Crippen molar-refractivity contribution in [3.8, 4) is 0 Å². The minimum atomic E-state index is 0.185. The molecular formula is C8H18O. The minimum Gasteiger partial charge on any atom is -0.393 e. The lowest BCUT2D eigenvalue weighted by Crippen LogP contribution is -2.04. The normalized spacial score (nSPS) is 15.1. The second-order valence-corrected chi connectivity index (χ2v) is 2.55. The molecule has 0 aliphatic heterocycles. The van der Waals surface area contributed by atoms with Crippen LogP contribution in [-0.4, -0.2) is 12.6 Å². The van der Waals surface area contributed by atoms with Gasteiger partial charge in [0.1, 0.15) is 0 Å². The van der Waals surface area contributed by atoms with Gasteiger partial charge in [-0.25, -0.2) is 0 Å². The second-order valence-electron chi connectivity index (χ2n) is 2.55. The molecule has 0 bridgehead atoms. The molecule has 0 spiro atoms. The third kappa shape index (κ3) is 5.84. The summed E-state index contributed by atoms with van der Waals surface area (Å²) in [4.78, 5) is 0. The van der Waals surface area contributed by atoms with Crippen LogP contribution in [0, 0.1) is 0 Å². The van der Waals surface area contributed by atoms with Crippen LogP contribution in [0.3, 0.4) is 0 Å². The molecule has 0 radical (unpaired) electrons. The highest BCUT2D eigenvalue weighted by Crippen LogP contribution is 2.05. The van der Waals surface area contributed by atoms with E-state index in [0.717, 1.165) is 19.3 Å². The zero-order chi connectivity index (χ0) is 7.82. The molecule has 1 nitrogen and oxygen atoms in total. The zero-order valence-electron chi connectivity index (χ0n) is 7.52. The predicted octanol–water partition coefficient (Wildman–Crippen LogP) is 2.34. The fraction of sp³-hybridized carbons (Fsp3) is 1.00. The molecule has 56 valence electrons. The molecule has 0 aromatic carbocycles. The average Bonchev–Trinajstić information content (AvgIpc) is 1.98. The van der Waals surface area contributed by atoms with Crippen molar-refractivity contribution in [2.75, 3.05) is 0 Å². The van der Waals surface area contributed by atoms with E-state index >= 15 is 0 Å². The van der Waals surface area contributed by atoms with E-state index in [1.165, 1.54) is 12.8 Å². The first kappa shape index (κ1) is 7.07. The molecule has 0 aliphatic carbocycles. The van der Waals surface area contributed by atoms with Gasteiger partial charge in [-0.3, -0.25) is 0 Å². The molecule has 1 heteroatoms. The lowest BCUT2D eigenvalue weighted by Gasteiger charge is -2.06. The molecule has 1 N–H and O–H groups in total. The van der Waals surface area contributed by atoms with Gasteiger partial charge in [0.05, 0.1) is 6.10 Å². The minimum absolute atomic E-state index is 0.185. The van der Waals surface area contributed by atoms with E-state index in [1.54, 1.807) is 0 Å². The summed E-state index contributed by atoms with van der Waals surface area (Å²) >= 11 is 0. The maximum absolute atomic E-state index is 6.74. The van der Waals surface area contributed by atoms with Crippen LogP contribution in [0.1, 0.15) is 46.0 Å². The monoisotopic (exact) mass is 131 g/mol. The summed E-state index contributed by atoms with van der Waals surface area (Å²) in [5, 5.41) is 4.54. The van der Waals surface area contributed by atoms with Gasteiger partial charge in [-0.05, 0) is 12.8 Å². The van der Waals surface area contributed by atoms with Crippen molar-refractivity contribution < 1.29 is 5.11 Å². The quantitative estimate of drug-likeness (QED) is 0.586. The Morgan fingerprint density at radius 2 is 2.11 bits per heavy atom. The predicted molar refractivity (Wildman–Crippen MR) is 40.4 cm³/mol. The fourth-order valence-electron chi connectivity index (χ4n) is 0.898. The zero-order valence-corrected chi connectivity index (χ0v) is 6.52. The number of hydrogen-bond acceptors (Lipinski definition) is 1. The first-order chi connectivity index (χ1) is 4.85. The number of aliphatic hydroxyl groups excluding tert-OH is 1. The molecule has 0 amide bonds. The van der Waals surface area contributed by atoms with Gasteiger partial charge in [-0.15, -0.1) is 0 Å². The summed E-state index contributed by atoms with van der Waals surface area (Å²) in [6.45, 7) is 4.28. The molecule has 1 unspecified atom stereocenters. The number of hydrogen-bond donors (Lipinski definition) is 1. The highest BCUT2D eigenvalue weighted by atomic mass is 16.3. The standard InChI is InChI=1S/C8H18O/c1-3-5-7-8(9)6-4-2/h8-9H,3-7H2,1-2H3/i9D.